The van der Waals surface area contributed by atoms with Crippen molar-refractivity contribution in [2.24, 2.45) is 5.92 Å². The number of hydrogen-bond donors (Lipinski definition) is 2. The lowest BCUT2D eigenvalue weighted by Crippen LogP contribution is -2.39. The lowest BCUT2D eigenvalue weighted by molar-refractivity contribution is -0.117. The zero-order valence-electron chi connectivity index (χ0n) is 12.2. The van der Waals surface area contributed by atoms with Gasteiger partial charge in [0.05, 0.1) is 7.11 Å². The summed E-state index contributed by atoms with van der Waals surface area (Å²) < 4.78 is 18.4. The second-order valence-electron chi connectivity index (χ2n) is 6.08. The first kappa shape index (κ1) is 14.3. The van der Waals surface area contributed by atoms with Gasteiger partial charge in [-0.05, 0) is 43.7 Å². The Morgan fingerprint density at radius 1 is 1.38 bits per heavy atom. The second-order valence-corrected chi connectivity index (χ2v) is 6.08. The topological polar surface area (TPSA) is 50.4 Å². The molecular weight excluding hydrogens is 271 g/mol. The van der Waals surface area contributed by atoms with Crippen LogP contribution in [0.5, 0.6) is 5.75 Å². The van der Waals surface area contributed by atoms with Crippen molar-refractivity contribution in [2.75, 3.05) is 12.4 Å². The summed E-state index contributed by atoms with van der Waals surface area (Å²) in [5.74, 6) is 0.121. The molecule has 0 radical (unpaired) electrons. The van der Waals surface area contributed by atoms with E-state index >= 15 is 0 Å². The number of halogens is 1. The van der Waals surface area contributed by atoms with E-state index in [4.69, 9.17) is 4.74 Å². The molecule has 2 aliphatic rings. The van der Waals surface area contributed by atoms with Gasteiger partial charge in [0.15, 0.2) is 11.6 Å². The Kier molecular flexibility index (Phi) is 4.10. The minimum atomic E-state index is -0.463. The van der Waals surface area contributed by atoms with Crippen LogP contribution in [0.25, 0.3) is 0 Å². The Morgan fingerprint density at radius 2 is 2.10 bits per heavy atom. The predicted octanol–water partition coefficient (Wildman–Crippen LogP) is 2.69. The highest BCUT2D eigenvalue weighted by Gasteiger charge is 2.34. The number of amides is 1. The van der Waals surface area contributed by atoms with Crippen molar-refractivity contribution in [3.05, 3.63) is 24.0 Å². The number of rotatable bonds is 4. The minimum absolute atomic E-state index is 0.0362. The van der Waals surface area contributed by atoms with E-state index in [0.717, 1.165) is 12.8 Å². The molecular formula is C16H21FN2O2. The average molecular weight is 292 g/mol. The first-order valence-corrected chi connectivity index (χ1v) is 7.53. The van der Waals surface area contributed by atoms with Crippen LogP contribution in [0.1, 0.15) is 32.1 Å². The molecule has 4 nitrogen and oxygen atoms in total. The first-order chi connectivity index (χ1) is 10.1. The number of hydrogen-bond acceptors (Lipinski definition) is 3. The molecule has 2 atom stereocenters. The van der Waals surface area contributed by atoms with Gasteiger partial charge in [0.25, 0.3) is 0 Å². The predicted molar refractivity (Wildman–Crippen MR) is 78.9 cm³/mol. The minimum Gasteiger partial charge on any atom is -0.494 e. The number of ether oxygens (including phenoxy) is 1. The van der Waals surface area contributed by atoms with E-state index in [1.165, 1.54) is 32.1 Å². The number of anilines is 1. The number of piperidine rings is 1. The van der Waals surface area contributed by atoms with Crippen molar-refractivity contribution in [3.63, 3.8) is 0 Å². The Hall–Kier alpha value is -1.62. The molecule has 21 heavy (non-hydrogen) atoms. The Morgan fingerprint density at radius 3 is 2.71 bits per heavy atom. The van der Waals surface area contributed by atoms with E-state index in [2.05, 4.69) is 10.6 Å². The summed E-state index contributed by atoms with van der Waals surface area (Å²) in [7, 11) is 1.42. The van der Waals surface area contributed by atoms with E-state index < -0.39 is 5.82 Å². The number of carbonyl (C=O) groups excluding carboxylic acids is 1. The number of fused-ring (bicyclic) bond motifs is 2. The van der Waals surface area contributed by atoms with Crippen LogP contribution in [0.2, 0.25) is 0 Å². The highest BCUT2D eigenvalue weighted by Crippen LogP contribution is 2.32. The summed E-state index contributed by atoms with van der Waals surface area (Å²) in [6.07, 6.45) is 5.11. The summed E-state index contributed by atoms with van der Waals surface area (Å²) in [6, 6.07) is 5.64. The lowest BCUT2D eigenvalue weighted by atomic mass is 9.89. The molecule has 2 heterocycles. The fourth-order valence-corrected chi connectivity index (χ4v) is 3.56. The number of nitrogens with one attached hydrogen (secondary N) is 2. The molecule has 0 spiro atoms. The fourth-order valence-electron chi connectivity index (χ4n) is 3.56. The van der Waals surface area contributed by atoms with Crippen LogP contribution >= 0.6 is 0 Å². The zero-order chi connectivity index (χ0) is 14.8. The smallest absolute Gasteiger partial charge is 0.224 e. The second kappa shape index (κ2) is 6.02. The molecule has 2 saturated heterocycles. The van der Waals surface area contributed by atoms with Gasteiger partial charge in [0, 0.05) is 30.3 Å². The third-order valence-corrected chi connectivity index (χ3v) is 4.48. The van der Waals surface area contributed by atoms with Gasteiger partial charge in [0.2, 0.25) is 5.91 Å². The third kappa shape index (κ3) is 3.35. The quantitative estimate of drug-likeness (QED) is 0.897. The summed E-state index contributed by atoms with van der Waals surface area (Å²) in [4.78, 5) is 12.1. The number of benzene rings is 1. The molecule has 114 valence electrons. The molecule has 2 N–H and O–H groups in total. The Balaban J connectivity index is 1.55. The maximum Gasteiger partial charge on any atom is 0.224 e. The largest absolute Gasteiger partial charge is 0.494 e. The summed E-state index contributed by atoms with van der Waals surface area (Å²) in [5, 5.41) is 6.34. The van der Waals surface area contributed by atoms with Crippen molar-refractivity contribution in [1.82, 2.24) is 5.32 Å². The third-order valence-electron chi connectivity index (χ3n) is 4.48. The van der Waals surface area contributed by atoms with Crippen LogP contribution in [0.3, 0.4) is 0 Å². The summed E-state index contributed by atoms with van der Waals surface area (Å²) >= 11 is 0. The van der Waals surface area contributed by atoms with Crippen molar-refractivity contribution in [3.8, 4) is 5.75 Å². The van der Waals surface area contributed by atoms with E-state index in [0.29, 0.717) is 30.1 Å². The molecule has 0 aliphatic carbocycles. The van der Waals surface area contributed by atoms with Crippen molar-refractivity contribution >= 4 is 11.6 Å². The van der Waals surface area contributed by atoms with E-state index in [9.17, 15) is 9.18 Å². The molecule has 1 aromatic rings. The molecule has 0 aromatic heterocycles. The monoisotopic (exact) mass is 292 g/mol. The maximum atomic E-state index is 13.6. The van der Waals surface area contributed by atoms with Gasteiger partial charge in [-0.25, -0.2) is 4.39 Å². The Bertz CT molecular complexity index is 523. The van der Waals surface area contributed by atoms with Gasteiger partial charge < -0.3 is 15.4 Å². The van der Waals surface area contributed by atoms with Gasteiger partial charge in [-0.3, -0.25) is 4.79 Å². The average Bonchev–Trinajstić information content (AvgIpc) is 2.78. The van der Waals surface area contributed by atoms with Gasteiger partial charge in [-0.15, -0.1) is 0 Å². The van der Waals surface area contributed by atoms with Crippen LogP contribution in [0.4, 0.5) is 10.1 Å². The standard InChI is InChI=1S/C16H21FN2O2/c1-21-15-5-4-13(9-14(15)17)19-16(20)8-10-6-11-2-3-12(7-10)18-11/h4-5,9-12,18H,2-3,6-8H2,1H3,(H,19,20). The lowest BCUT2D eigenvalue weighted by Gasteiger charge is -2.28. The number of carbonyl (C=O) groups is 1. The maximum absolute atomic E-state index is 13.6. The molecule has 1 amide bonds. The van der Waals surface area contributed by atoms with E-state index in [1.54, 1.807) is 6.07 Å². The van der Waals surface area contributed by atoms with Crippen LogP contribution < -0.4 is 15.4 Å². The van der Waals surface area contributed by atoms with Gasteiger partial charge >= 0.3 is 0 Å². The van der Waals surface area contributed by atoms with Gasteiger partial charge in [-0.1, -0.05) is 0 Å². The normalized spacial score (nSPS) is 27.4. The summed E-state index contributed by atoms with van der Waals surface area (Å²) in [6.45, 7) is 0. The van der Waals surface area contributed by atoms with Crippen molar-refractivity contribution in [2.45, 2.75) is 44.2 Å². The highest BCUT2D eigenvalue weighted by atomic mass is 19.1. The highest BCUT2D eigenvalue weighted by molar-refractivity contribution is 5.90. The molecule has 2 aliphatic heterocycles. The molecule has 1 aromatic carbocycles. The summed E-state index contributed by atoms with van der Waals surface area (Å²) in [5.41, 5.74) is 0.482. The van der Waals surface area contributed by atoms with Crippen LogP contribution in [0, 0.1) is 11.7 Å². The SMILES string of the molecule is COc1ccc(NC(=O)CC2CC3CCC(C2)N3)cc1F. The molecule has 0 saturated carbocycles. The molecule has 3 rings (SSSR count). The molecule has 5 heteroatoms. The van der Waals surface area contributed by atoms with Crippen LogP contribution in [0.15, 0.2) is 18.2 Å². The van der Waals surface area contributed by atoms with E-state index in [-0.39, 0.29) is 11.7 Å². The van der Waals surface area contributed by atoms with Gasteiger partial charge in [-0.2, -0.15) is 0 Å². The van der Waals surface area contributed by atoms with Crippen LogP contribution in [-0.4, -0.2) is 25.1 Å². The Labute approximate surface area is 124 Å². The van der Waals surface area contributed by atoms with Crippen molar-refractivity contribution < 1.29 is 13.9 Å². The number of methoxy groups -OCH3 is 1. The van der Waals surface area contributed by atoms with Gasteiger partial charge in [0.1, 0.15) is 0 Å². The molecule has 2 bridgehead atoms. The molecule has 2 unspecified atom stereocenters. The van der Waals surface area contributed by atoms with Crippen LogP contribution in [-0.2, 0) is 4.79 Å². The van der Waals surface area contributed by atoms with E-state index in [1.807, 2.05) is 0 Å². The van der Waals surface area contributed by atoms with Crippen molar-refractivity contribution in [1.29, 1.82) is 0 Å². The molecule has 2 fully saturated rings. The fraction of sp³-hybridized carbons (Fsp3) is 0.562. The zero-order valence-corrected chi connectivity index (χ0v) is 12.2. The first-order valence-electron chi connectivity index (χ1n) is 7.53.